The summed E-state index contributed by atoms with van der Waals surface area (Å²) in [7, 11) is 0. The van der Waals surface area contributed by atoms with Crippen LogP contribution in [0.5, 0.6) is 0 Å². The van der Waals surface area contributed by atoms with Gasteiger partial charge in [0.2, 0.25) is 0 Å². The number of rotatable bonds is 11. The number of benzene rings is 1. The summed E-state index contributed by atoms with van der Waals surface area (Å²) in [5, 5.41) is 0. The molecule has 0 aliphatic rings. The zero-order valence-corrected chi connectivity index (χ0v) is 15.9. The van der Waals surface area contributed by atoms with Crippen LogP contribution in [0.2, 0.25) is 4.47 Å². The second kappa shape index (κ2) is 14.5. The molecule has 0 aliphatic carbocycles. The summed E-state index contributed by atoms with van der Waals surface area (Å²) in [6, 6.07) is 10.4. The van der Waals surface area contributed by atoms with Crippen molar-refractivity contribution in [3.05, 3.63) is 35.9 Å². The molecule has 1 aromatic rings. The van der Waals surface area contributed by atoms with Gasteiger partial charge in [0, 0.05) is 0 Å². The molecule has 0 unspecified atom stereocenters. The molecule has 1 rings (SSSR count). The van der Waals surface area contributed by atoms with Crippen molar-refractivity contribution in [3.8, 4) is 9.89 Å². The van der Waals surface area contributed by atoms with Crippen LogP contribution >= 0.6 is 0 Å². The molecule has 0 atom stereocenters. The summed E-state index contributed by atoms with van der Waals surface area (Å²) in [5.41, 5.74) is 1.17. The van der Waals surface area contributed by atoms with Gasteiger partial charge in [0.15, 0.2) is 0 Å². The minimum atomic E-state index is -0.0707. The number of unbranched alkanes of at least 4 members (excludes halogenated alkanes) is 9. The molecule has 1 aromatic carbocycles. The minimum absolute atomic E-state index is 0.0707. The third-order valence-electron chi connectivity index (χ3n) is 3.64. The third kappa shape index (κ3) is 11.9. The fourth-order valence-electron chi connectivity index (χ4n) is 2.33. The van der Waals surface area contributed by atoms with E-state index in [1.807, 2.05) is 6.07 Å². The molecule has 116 valence electrons. The Morgan fingerprint density at radius 2 is 1.33 bits per heavy atom. The van der Waals surface area contributed by atoms with E-state index >= 15 is 0 Å². The first-order valence-corrected chi connectivity index (χ1v) is 11.4. The van der Waals surface area contributed by atoms with Crippen molar-refractivity contribution in [2.75, 3.05) is 0 Å². The maximum absolute atomic E-state index is 3.41. The molecule has 0 radical (unpaired) electrons. The fourth-order valence-corrected chi connectivity index (χ4v) is 4.16. The normalized spacial score (nSPS) is 10.1. The van der Waals surface area contributed by atoms with Gasteiger partial charge in [0.05, 0.1) is 0 Å². The van der Waals surface area contributed by atoms with E-state index in [4.69, 9.17) is 0 Å². The van der Waals surface area contributed by atoms with Crippen molar-refractivity contribution in [3.63, 3.8) is 0 Å². The SMILES string of the molecule is CCCCCCCCCCCC[Te]C#Cc1ccccc1. The van der Waals surface area contributed by atoms with Crippen LogP contribution in [0.4, 0.5) is 0 Å². The van der Waals surface area contributed by atoms with Crippen molar-refractivity contribution < 1.29 is 0 Å². The van der Waals surface area contributed by atoms with Crippen molar-refractivity contribution in [2.24, 2.45) is 0 Å². The molecule has 0 N–H and O–H groups in total. The second-order valence-corrected chi connectivity index (χ2v) is 8.20. The summed E-state index contributed by atoms with van der Waals surface area (Å²) in [6.07, 6.45) is 14.3. The number of hydrogen-bond donors (Lipinski definition) is 0. The van der Waals surface area contributed by atoms with Gasteiger partial charge in [-0.3, -0.25) is 0 Å². The molecule has 0 fully saturated rings. The summed E-state index contributed by atoms with van der Waals surface area (Å²) < 4.78 is 4.80. The van der Waals surface area contributed by atoms with Gasteiger partial charge >= 0.3 is 142 Å². The third-order valence-corrected chi connectivity index (χ3v) is 5.75. The first kappa shape index (κ1) is 18.6. The standard InChI is InChI=1S/C20H30Te/c1-2-3-4-5-6-7-8-9-10-14-18-21-19-17-20-15-12-11-13-16-20/h11-13,15-16H,2-10,14,18H2,1H3. The van der Waals surface area contributed by atoms with E-state index < -0.39 is 0 Å². The monoisotopic (exact) mass is 400 g/mol. The van der Waals surface area contributed by atoms with E-state index in [1.54, 1.807) is 0 Å². The first-order valence-electron chi connectivity index (χ1n) is 8.61. The molecular formula is C20H30Te. The van der Waals surface area contributed by atoms with Crippen molar-refractivity contribution >= 4 is 20.9 Å². The van der Waals surface area contributed by atoms with Crippen LogP contribution in [0, 0.1) is 9.89 Å². The quantitative estimate of drug-likeness (QED) is 0.242. The van der Waals surface area contributed by atoms with E-state index in [1.165, 1.54) is 74.2 Å². The Hall–Kier alpha value is -0.430. The molecule has 0 saturated carbocycles. The van der Waals surface area contributed by atoms with E-state index in [-0.39, 0.29) is 20.9 Å². The maximum atomic E-state index is 3.41. The Morgan fingerprint density at radius 3 is 1.95 bits per heavy atom. The van der Waals surface area contributed by atoms with E-state index in [0.717, 1.165) is 0 Å². The summed E-state index contributed by atoms with van der Waals surface area (Å²) >= 11 is -0.0707. The molecule has 0 saturated heterocycles. The average Bonchev–Trinajstić information content (AvgIpc) is 2.53. The van der Waals surface area contributed by atoms with E-state index in [0.29, 0.717) is 0 Å². The summed E-state index contributed by atoms with van der Waals surface area (Å²) in [5.74, 6) is 3.29. The van der Waals surface area contributed by atoms with Crippen LogP contribution in [0.1, 0.15) is 76.7 Å². The fraction of sp³-hybridized carbons (Fsp3) is 0.600. The van der Waals surface area contributed by atoms with Crippen molar-refractivity contribution in [1.29, 1.82) is 0 Å². The summed E-state index contributed by atoms with van der Waals surface area (Å²) in [4.78, 5) is 0. The van der Waals surface area contributed by atoms with Gasteiger partial charge in [-0.2, -0.15) is 0 Å². The summed E-state index contributed by atoms with van der Waals surface area (Å²) in [6.45, 7) is 2.29. The van der Waals surface area contributed by atoms with Gasteiger partial charge in [-0.1, -0.05) is 0 Å². The van der Waals surface area contributed by atoms with Gasteiger partial charge in [-0.15, -0.1) is 0 Å². The van der Waals surface area contributed by atoms with Crippen molar-refractivity contribution in [1.82, 2.24) is 0 Å². The van der Waals surface area contributed by atoms with Crippen LogP contribution < -0.4 is 0 Å². The molecule has 0 bridgehead atoms. The molecule has 1 heteroatoms. The molecule has 0 aromatic heterocycles. The zero-order chi connectivity index (χ0) is 15.0. The number of hydrogen-bond acceptors (Lipinski definition) is 0. The predicted octanol–water partition coefficient (Wildman–Crippen LogP) is 6.04. The van der Waals surface area contributed by atoms with Crippen LogP contribution in [-0.4, -0.2) is 20.9 Å². The first-order chi connectivity index (χ1) is 10.4. The van der Waals surface area contributed by atoms with Gasteiger partial charge in [-0.05, 0) is 0 Å². The molecule has 0 nitrogen and oxygen atoms in total. The van der Waals surface area contributed by atoms with Crippen LogP contribution in [-0.2, 0) is 0 Å². The molecule has 21 heavy (non-hydrogen) atoms. The Bertz CT molecular complexity index is 385. The second-order valence-electron chi connectivity index (χ2n) is 5.62. The molecule has 0 amide bonds. The zero-order valence-electron chi connectivity index (χ0n) is 13.6. The van der Waals surface area contributed by atoms with Gasteiger partial charge in [0.1, 0.15) is 0 Å². The molecule has 0 aliphatic heterocycles. The van der Waals surface area contributed by atoms with Crippen LogP contribution in [0.25, 0.3) is 0 Å². The average molecular weight is 398 g/mol. The Balaban J connectivity index is 1.84. The molecular weight excluding hydrogens is 368 g/mol. The Morgan fingerprint density at radius 1 is 0.762 bits per heavy atom. The van der Waals surface area contributed by atoms with E-state index in [9.17, 15) is 0 Å². The van der Waals surface area contributed by atoms with Gasteiger partial charge in [-0.25, -0.2) is 0 Å². The van der Waals surface area contributed by atoms with Gasteiger partial charge in [0.25, 0.3) is 0 Å². The Kier molecular flexibility index (Phi) is 12.9. The van der Waals surface area contributed by atoms with Gasteiger partial charge < -0.3 is 0 Å². The Labute approximate surface area is 142 Å². The van der Waals surface area contributed by atoms with Crippen LogP contribution in [0.3, 0.4) is 0 Å². The predicted molar refractivity (Wildman–Crippen MR) is 95.7 cm³/mol. The van der Waals surface area contributed by atoms with E-state index in [2.05, 4.69) is 41.1 Å². The topological polar surface area (TPSA) is 0 Å². The molecule has 0 heterocycles. The van der Waals surface area contributed by atoms with Crippen LogP contribution in [0.15, 0.2) is 30.3 Å². The molecule has 0 spiro atoms. The van der Waals surface area contributed by atoms with Crippen molar-refractivity contribution in [2.45, 2.75) is 75.6 Å².